The summed E-state index contributed by atoms with van der Waals surface area (Å²) >= 11 is 0. The molecule has 0 spiro atoms. The van der Waals surface area contributed by atoms with Crippen molar-refractivity contribution >= 4 is 11.4 Å². The van der Waals surface area contributed by atoms with E-state index >= 15 is 0 Å². The Labute approximate surface area is 180 Å². The van der Waals surface area contributed by atoms with Gasteiger partial charge in [0.05, 0.1) is 17.9 Å². The number of hydrogen-bond acceptors (Lipinski definition) is 3. The number of hydrazine groups is 1. The zero-order valence-corrected chi connectivity index (χ0v) is 17.7. The highest BCUT2D eigenvalue weighted by atomic mass is 19.3. The molecule has 0 amide bonds. The lowest BCUT2D eigenvalue weighted by atomic mass is 10.0. The minimum absolute atomic E-state index is 0.154. The van der Waals surface area contributed by atoms with Crippen LogP contribution < -0.4 is 15.8 Å². The van der Waals surface area contributed by atoms with Crippen molar-refractivity contribution in [1.82, 2.24) is 10.9 Å². The maximum Gasteiger partial charge on any atom is 0.279 e. The van der Waals surface area contributed by atoms with Gasteiger partial charge in [-0.05, 0) is 36.6 Å². The molecule has 2 aromatic carbocycles. The molecule has 0 aromatic heterocycles. The van der Waals surface area contributed by atoms with E-state index in [0.717, 1.165) is 5.70 Å². The molecule has 2 N–H and O–H groups in total. The Morgan fingerprint density at radius 3 is 2.29 bits per heavy atom. The Morgan fingerprint density at radius 1 is 1.00 bits per heavy atom. The highest BCUT2D eigenvalue weighted by Gasteiger charge is 2.16. The van der Waals surface area contributed by atoms with Crippen molar-refractivity contribution < 1.29 is 17.6 Å². The third-order valence-electron chi connectivity index (χ3n) is 4.51. The number of benzene rings is 2. The first-order valence-corrected chi connectivity index (χ1v) is 9.76. The Balaban J connectivity index is 2.22. The topological polar surface area (TPSA) is 27.3 Å². The second kappa shape index (κ2) is 10.7. The van der Waals surface area contributed by atoms with Gasteiger partial charge in [0, 0.05) is 22.5 Å². The molecule has 7 heteroatoms. The number of nitrogens with zero attached hydrogens (tertiary/aromatic N) is 1. The smallest absolute Gasteiger partial charge is 0.279 e. The molecule has 0 aliphatic rings. The van der Waals surface area contributed by atoms with Crippen LogP contribution in [0.5, 0.6) is 0 Å². The predicted molar refractivity (Wildman–Crippen MR) is 118 cm³/mol. The molecule has 2 aromatic rings. The van der Waals surface area contributed by atoms with Crippen LogP contribution in [0.1, 0.15) is 31.4 Å². The van der Waals surface area contributed by atoms with Crippen molar-refractivity contribution in [2.45, 2.75) is 33.2 Å². The van der Waals surface area contributed by atoms with Gasteiger partial charge in [-0.25, -0.2) is 17.6 Å². The van der Waals surface area contributed by atoms with Gasteiger partial charge in [-0.3, -0.25) is 5.43 Å². The monoisotopic (exact) mass is 433 g/mol. The summed E-state index contributed by atoms with van der Waals surface area (Å²) in [4.78, 5) is 1.78. The van der Waals surface area contributed by atoms with E-state index in [1.807, 2.05) is 13.8 Å². The molecule has 0 unspecified atom stereocenters. The highest BCUT2D eigenvalue weighted by Crippen LogP contribution is 2.27. The first-order valence-electron chi connectivity index (χ1n) is 9.76. The number of nitrogens with one attached hydrogen (secondary N) is 2. The molecule has 166 valence electrons. The van der Waals surface area contributed by atoms with E-state index in [2.05, 4.69) is 30.6 Å². The molecule has 0 saturated carbocycles. The Kier molecular flexibility index (Phi) is 8.30. The number of rotatable bonds is 11. The van der Waals surface area contributed by atoms with Crippen molar-refractivity contribution in [1.29, 1.82) is 0 Å². The maximum atomic E-state index is 14.9. The van der Waals surface area contributed by atoms with E-state index in [-0.39, 0.29) is 12.2 Å². The van der Waals surface area contributed by atoms with E-state index in [9.17, 15) is 17.6 Å². The van der Waals surface area contributed by atoms with E-state index in [0.29, 0.717) is 29.2 Å². The molecule has 0 aliphatic heterocycles. The second-order valence-corrected chi connectivity index (χ2v) is 7.59. The molecule has 0 atom stereocenters. The van der Waals surface area contributed by atoms with Crippen molar-refractivity contribution in [3.63, 3.8) is 0 Å². The van der Waals surface area contributed by atoms with E-state index < -0.39 is 23.8 Å². The summed E-state index contributed by atoms with van der Waals surface area (Å²) in [6.07, 6.45) is -2.08. The van der Waals surface area contributed by atoms with Crippen LogP contribution in [0, 0.1) is 17.6 Å². The van der Waals surface area contributed by atoms with Crippen LogP contribution >= 0.6 is 0 Å². The van der Waals surface area contributed by atoms with Crippen LogP contribution in [0.25, 0.3) is 5.70 Å². The summed E-state index contributed by atoms with van der Waals surface area (Å²) in [5.41, 5.74) is 6.48. The third-order valence-corrected chi connectivity index (χ3v) is 4.51. The number of halogens is 4. The maximum absolute atomic E-state index is 14.9. The van der Waals surface area contributed by atoms with Gasteiger partial charge < -0.3 is 10.3 Å². The van der Waals surface area contributed by atoms with Gasteiger partial charge in [-0.1, -0.05) is 51.8 Å². The quantitative estimate of drug-likeness (QED) is 0.318. The Morgan fingerprint density at radius 2 is 1.71 bits per heavy atom. The predicted octanol–water partition coefficient (Wildman–Crippen LogP) is 6.37. The van der Waals surface area contributed by atoms with Gasteiger partial charge >= 0.3 is 0 Å². The lowest BCUT2D eigenvalue weighted by Crippen LogP contribution is -2.31. The summed E-state index contributed by atoms with van der Waals surface area (Å²) < 4.78 is 53.7. The summed E-state index contributed by atoms with van der Waals surface area (Å²) in [6, 6.07) is 10.5. The van der Waals surface area contributed by atoms with E-state index in [1.54, 1.807) is 29.2 Å². The largest absolute Gasteiger partial charge is 0.341 e. The molecule has 0 bridgehead atoms. The fourth-order valence-electron chi connectivity index (χ4n) is 2.93. The van der Waals surface area contributed by atoms with Crippen LogP contribution in [0.15, 0.2) is 73.6 Å². The lowest BCUT2D eigenvalue weighted by Gasteiger charge is -2.28. The lowest BCUT2D eigenvalue weighted by molar-refractivity contribution is 0.179. The van der Waals surface area contributed by atoms with Gasteiger partial charge in [0.2, 0.25) is 0 Å². The Bertz CT molecular complexity index is 954. The average molecular weight is 433 g/mol. The van der Waals surface area contributed by atoms with Crippen molar-refractivity contribution in [3.05, 3.63) is 96.4 Å². The minimum Gasteiger partial charge on any atom is -0.341 e. The number of anilines is 1. The first-order chi connectivity index (χ1) is 14.6. The molecule has 0 aliphatic carbocycles. The van der Waals surface area contributed by atoms with E-state index in [4.69, 9.17) is 0 Å². The number of allylic oxidation sites excluding steroid dienone is 2. The van der Waals surface area contributed by atoms with Gasteiger partial charge in [0.15, 0.2) is 0 Å². The standard InChI is InChI=1S/C24H27F4N3/c1-15(2)11-16(3)31(22-8-6-7-21(25)13-22)14-20-10-9-19(12-23(20)26)17(4)29-30-18(5)24(27)28/h6-10,12-13,15,24,29-30H,3-5,11,14H2,1-2H3. The molecule has 0 saturated heterocycles. The fraction of sp³-hybridized carbons (Fsp3) is 0.250. The first kappa shape index (κ1) is 24.1. The van der Waals surface area contributed by atoms with Crippen molar-refractivity contribution in [2.24, 2.45) is 5.92 Å². The van der Waals surface area contributed by atoms with Gasteiger partial charge in [0.25, 0.3) is 6.43 Å². The van der Waals surface area contributed by atoms with E-state index in [1.165, 1.54) is 18.2 Å². The molecule has 0 heterocycles. The zero-order chi connectivity index (χ0) is 23.1. The zero-order valence-electron chi connectivity index (χ0n) is 17.7. The second-order valence-electron chi connectivity index (χ2n) is 7.59. The van der Waals surface area contributed by atoms with Gasteiger partial charge in [-0.2, -0.15) is 0 Å². The summed E-state index contributed by atoms with van der Waals surface area (Å²) in [7, 11) is 0. The molecule has 0 fully saturated rings. The molecule has 0 radical (unpaired) electrons. The normalized spacial score (nSPS) is 10.8. The van der Waals surface area contributed by atoms with Crippen LogP contribution in [0.4, 0.5) is 23.2 Å². The van der Waals surface area contributed by atoms with Gasteiger partial charge in [0.1, 0.15) is 11.6 Å². The van der Waals surface area contributed by atoms with Crippen LogP contribution in [0.2, 0.25) is 0 Å². The highest BCUT2D eigenvalue weighted by molar-refractivity contribution is 5.62. The fourth-order valence-corrected chi connectivity index (χ4v) is 2.93. The van der Waals surface area contributed by atoms with Crippen molar-refractivity contribution in [3.8, 4) is 0 Å². The summed E-state index contributed by atoms with van der Waals surface area (Å²) in [5, 5.41) is 0. The van der Waals surface area contributed by atoms with Crippen LogP contribution in [0.3, 0.4) is 0 Å². The van der Waals surface area contributed by atoms with Crippen LogP contribution in [-0.2, 0) is 6.54 Å². The number of alkyl halides is 2. The summed E-state index contributed by atoms with van der Waals surface area (Å²) in [5.74, 6) is -0.580. The summed E-state index contributed by atoms with van der Waals surface area (Å²) in [6.45, 7) is 15.2. The third kappa shape index (κ3) is 6.91. The Hall–Kier alpha value is -3.22. The molecule has 31 heavy (non-hydrogen) atoms. The van der Waals surface area contributed by atoms with Gasteiger partial charge in [-0.15, -0.1) is 0 Å². The molecule has 3 nitrogen and oxygen atoms in total. The minimum atomic E-state index is -2.74. The molecular weight excluding hydrogens is 406 g/mol. The molecule has 2 rings (SSSR count). The van der Waals surface area contributed by atoms with Crippen molar-refractivity contribution in [2.75, 3.05) is 4.90 Å². The average Bonchev–Trinajstić information content (AvgIpc) is 2.69. The number of hydrogen-bond donors (Lipinski definition) is 2. The molecular formula is C24H27F4N3. The SMILES string of the molecule is C=C(NNC(=C)C(F)F)c1ccc(CN(C(=C)CC(C)C)c2cccc(F)c2)c(F)c1. The van der Waals surface area contributed by atoms with Crippen LogP contribution in [-0.4, -0.2) is 6.43 Å².